The van der Waals surface area contributed by atoms with Crippen LogP contribution in [-0.4, -0.2) is 20.6 Å². The normalized spacial score (nSPS) is 20.6. The lowest BCUT2D eigenvalue weighted by Gasteiger charge is -2.40. The van der Waals surface area contributed by atoms with E-state index in [0.29, 0.717) is 17.9 Å². The molecule has 2 aromatic carbocycles. The topological polar surface area (TPSA) is 67.2 Å². The van der Waals surface area contributed by atoms with Crippen LogP contribution in [0.2, 0.25) is 0 Å². The van der Waals surface area contributed by atoms with Gasteiger partial charge in [-0.2, -0.15) is 0 Å². The predicted molar refractivity (Wildman–Crippen MR) is 131 cm³/mol. The molecule has 5 heteroatoms. The minimum absolute atomic E-state index is 0.00964. The second-order valence-electron chi connectivity index (χ2n) is 10.7. The van der Waals surface area contributed by atoms with Crippen molar-refractivity contribution in [2.24, 2.45) is 11.3 Å². The van der Waals surface area contributed by atoms with Gasteiger partial charge in [0.15, 0.2) is 0 Å². The van der Waals surface area contributed by atoms with Crippen LogP contribution >= 0.6 is 0 Å². The number of benzene rings is 2. The molecule has 0 saturated heterocycles. The Morgan fingerprint density at radius 2 is 1.91 bits per heavy atom. The maximum Gasteiger partial charge on any atom is 0.307 e. The number of aliphatic carboxylic acids is 1. The van der Waals surface area contributed by atoms with Gasteiger partial charge in [-0.1, -0.05) is 52.8 Å². The van der Waals surface area contributed by atoms with E-state index in [1.54, 1.807) is 0 Å². The van der Waals surface area contributed by atoms with Crippen molar-refractivity contribution in [3.8, 4) is 0 Å². The molecule has 1 aromatic heterocycles. The van der Waals surface area contributed by atoms with E-state index in [9.17, 15) is 9.90 Å². The second kappa shape index (κ2) is 8.61. The highest BCUT2D eigenvalue weighted by atomic mass is 16.4. The van der Waals surface area contributed by atoms with Gasteiger partial charge in [0.25, 0.3) is 0 Å². The molecular formula is C27H35N3O2. The summed E-state index contributed by atoms with van der Waals surface area (Å²) in [6.45, 7) is 11.5. The van der Waals surface area contributed by atoms with E-state index in [2.05, 4.69) is 68.8 Å². The molecule has 1 heterocycles. The van der Waals surface area contributed by atoms with Crippen molar-refractivity contribution in [1.82, 2.24) is 9.55 Å². The average Bonchev–Trinajstić information content (AvgIpc) is 3.03. The molecule has 3 aromatic rings. The number of carboxylic acid groups (broad SMARTS) is 1. The van der Waals surface area contributed by atoms with Crippen LogP contribution in [0.5, 0.6) is 0 Å². The number of aromatic nitrogens is 2. The van der Waals surface area contributed by atoms with Crippen LogP contribution < -0.4 is 5.32 Å². The summed E-state index contributed by atoms with van der Waals surface area (Å²) in [5.74, 6) is 1.15. The first-order chi connectivity index (χ1) is 15.1. The summed E-state index contributed by atoms with van der Waals surface area (Å²) in [4.78, 5) is 16.2. The molecule has 0 bridgehead atoms. The number of hydrogen-bond acceptors (Lipinski definition) is 3. The van der Waals surface area contributed by atoms with E-state index in [1.807, 2.05) is 18.2 Å². The van der Waals surface area contributed by atoms with Gasteiger partial charge in [-0.25, -0.2) is 4.98 Å². The van der Waals surface area contributed by atoms with Gasteiger partial charge in [0.1, 0.15) is 0 Å². The number of imidazole rings is 1. The minimum atomic E-state index is -0.824. The van der Waals surface area contributed by atoms with Gasteiger partial charge >= 0.3 is 5.97 Å². The molecule has 0 spiro atoms. The van der Waals surface area contributed by atoms with Crippen LogP contribution in [0.4, 0.5) is 11.6 Å². The Balaban J connectivity index is 1.76. The van der Waals surface area contributed by atoms with E-state index in [4.69, 9.17) is 4.98 Å². The summed E-state index contributed by atoms with van der Waals surface area (Å²) >= 11 is 0. The fourth-order valence-electron chi connectivity index (χ4n) is 5.46. The number of hydrogen-bond donors (Lipinski definition) is 2. The molecule has 5 nitrogen and oxygen atoms in total. The molecule has 0 radical (unpaired) electrons. The first-order valence-corrected chi connectivity index (χ1v) is 11.7. The van der Waals surface area contributed by atoms with Crippen molar-refractivity contribution in [3.63, 3.8) is 0 Å². The molecule has 32 heavy (non-hydrogen) atoms. The predicted octanol–water partition coefficient (Wildman–Crippen LogP) is 6.92. The zero-order valence-corrected chi connectivity index (χ0v) is 19.9. The van der Waals surface area contributed by atoms with Crippen LogP contribution in [0.25, 0.3) is 11.0 Å². The number of carbonyl (C=O) groups is 1. The highest BCUT2D eigenvalue weighted by Gasteiger charge is 2.34. The Labute approximate surface area is 190 Å². The van der Waals surface area contributed by atoms with Gasteiger partial charge in [-0.05, 0) is 71.9 Å². The van der Waals surface area contributed by atoms with E-state index in [1.165, 1.54) is 12.0 Å². The van der Waals surface area contributed by atoms with E-state index in [0.717, 1.165) is 41.1 Å². The number of anilines is 2. The third kappa shape index (κ3) is 4.82. The fraction of sp³-hybridized carbons (Fsp3) is 0.481. The van der Waals surface area contributed by atoms with Crippen LogP contribution in [-0.2, 0) is 11.2 Å². The lowest BCUT2D eigenvalue weighted by atomic mass is 9.70. The van der Waals surface area contributed by atoms with Crippen molar-refractivity contribution < 1.29 is 9.90 Å². The molecule has 0 amide bonds. The monoisotopic (exact) mass is 433 g/mol. The lowest BCUT2D eigenvalue weighted by molar-refractivity contribution is -0.136. The Kier molecular flexibility index (Phi) is 6.02. The Hall–Kier alpha value is -2.82. The maximum atomic E-state index is 11.2. The summed E-state index contributed by atoms with van der Waals surface area (Å²) in [5, 5.41) is 12.8. The van der Waals surface area contributed by atoms with Crippen molar-refractivity contribution >= 4 is 28.6 Å². The third-order valence-corrected chi connectivity index (χ3v) is 6.67. The van der Waals surface area contributed by atoms with Crippen LogP contribution in [0.15, 0.2) is 42.5 Å². The molecule has 4 rings (SSSR count). The van der Waals surface area contributed by atoms with Crippen LogP contribution in [0, 0.1) is 11.3 Å². The number of fused-ring (bicyclic) bond motifs is 1. The van der Waals surface area contributed by atoms with Crippen molar-refractivity contribution in [3.05, 3.63) is 53.6 Å². The Morgan fingerprint density at radius 3 is 2.53 bits per heavy atom. The molecule has 1 aliphatic carbocycles. The van der Waals surface area contributed by atoms with Crippen molar-refractivity contribution in [2.45, 2.75) is 72.3 Å². The molecule has 1 saturated carbocycles. The molecular weight excluding hydrogens is 398 g/mol. The summed E-state index contributed by atoms with van der Waals surface area (Å²) < 4.78 is 2.35. The Bertz CT molecular complexity index is 1110. The minimum Gasteiger partial charge on any atom is -0.481 e. The smallest absolute Gasteiger partial charge is 0.307 e. The van der Waals surface area contributed by atoms with Gasteiger partial charge in [-0.15, -0.1) is 0 Å². The number of carboxylic acids is 1. The fourth-order valence-corrected chi connectivity index (χ4v) is 5.46. The van der Waals surface area contributed by atoms with Crippen molar-refractivity contribution in [1.29, 1.82) is 0 Å². The average molecular weight is 434 g/mol. The zero-order chi connectivity index (χ0) is 23.0. The number of nitrogens with zero attached hydrogens (tertiary/aromatic N) is 2. The third-order valence-electron chi connectivity index (χ3n) is 6.67. The van der Waals surface area contributed by atoms with E-state index in [-0.39, 0.29) is 11.8 Å². The standard InChI is InChI=1S/C27H35N3O2/c1-17(2)20-7-9-21(10-8-20)28-26-29-23-13-19(14-25(31)32)6-11-24(23)30(26)22-12-18(3)15-27(4,5)16-22/h6-11,13,17-18,22H,12,14-16H2,1-5H3,(H,28,29)(H,31,32)/t18-,22+/m0/s1. The number of rotatable bonds is 6. The van der Waals surface area contributed by atoms with Gasteiger partial charge in [0.05, 0.1) is 17.5 Å². The van der Waals surface area contributed by atoms with Crippen LogP contribution in [0.1, 0.15) is 77.0 Å². The first-order valence-electron chi connectivity index (χ1n) is 11.7. The van der Waals surface area contributed by atoms with Gasteiger partial charge in [-0.3, -0.25) is 4.79 Å². The quantitative estimate of drug-likeness (QED) is 0.443. The molecule has 0 aliphatic heterocycles. The van der Waals surface area contributed by atoms with E-state index < -0.39 is 5.97 Å². The molecule has 170 valence electrons. The number of nitrogens with one attached hydrogen (secondary N) is 1. The van der Waals surface area contributed by atoms with Gasteiger partial charge < -0.3 is 15.0 Å². The van der Waals surface area contributed by atoms with E-state index >= 15 is 0 Å². The van der Waals surface area contributed by atoms with Gasteiger partial charge in [0.2, 0.25) is 5.95 Å². The largest absolute Gasteiger partial charge is 0.481 e. The zero-order valence-electron chi connectivity index (χ0n) is 19.9. The molecule has 1 aliphatic rings. The van der Waals surface area contributed by atoms with Crippen molar-refractivity contribution in [2.75, 3.05) is 5.32 Å². The second-order valence-corrected chi connectivity index (χ2v) is 10.7. The lowest BCUT2D eigenvalue weighted by Crippen LogP contribution is -2.29. The highest BCUT2D eigenvalue weighted by molar-refractivity contribution is 5.82. The molecule has 2 N–H and O–H groups in total. The summed E-state index contributed by atoms with van der Waals surface area (Å²) in [6, 6.07) is 14.8. The highest BCUT2D eigenvalue weighted by Crippen LogP contribution is 2.46. The molecule has 1 fully saturated rings. The van der Waals surface area contributed by atoms with Gasteiger partial charge in [0, 0.05) is 11.7 Å². The molecule has 2 atom stereocenters. The summed E-state index contributed by atoms with van der Waals surface area (Å²) in [7, 11) is 0. The molecule has 0 unspecified atom stereocenters. The SMILES string of the molecule is CC(C)c1ccc(Nc2nc3cc(CC(=O)O)ccc3n2[C@@H]2C[C@H](C)CC(C)(C)C2)cc1. The first kappa shape index (κ1) is 22.4. The Morgan fingerprint density at radius 1 is 1.19 bits per heavy atom. The summed E-state index contributed by atoms with van der Waals surface area (Å²) in [6.07, 6.45) is 3.46. The van der Waals surface area contributed by atoms with Crippen LogP contribution in [0.3, 0.4) is 0 Å². The maximum absolute atomic E-state index is 11.2. The summed E-state index contributed by atoms with van der Waals surface area (Å²) in [5.41, 5.74) is 5.29.